The maximum absolute atomic E-state index is 10.4. The first-order valence-electron chi connectivity index (χ1n) is 3.24. The average Bonchev–Trinajstić information content (AvgIpc) is 2.35. The SMILES string of the molecule is CN1CCN=C1C(Cl)(Cl)[N+](=O)[O-]. The zero-order valence-corrected chi connectivity index (χ0v) is 7.84. The Bertz CT molecular complexity index is 241. The van der Waals surface area contributed by atoms with Gasteiger partial charge in [-0.15, -0.1) is 0 Å². The molecule has 0 N–H and O–H groups in total. The largest absolute Gasteiger partial charge is 0.428 e. The van der Waals surface area contributed by atoms with Gasteiger partial charge in [0.15, 0.2) is 0 Å². The summed E-state index contributed by atoms with van der Waals surface area (Å²) < 4.78 is -2.11. The fourth-order valence-electron chi connectivity index (χ4n) is 0.939. The van der Waals surface area contributed by atoms with Crippen molar-refractivity contribution in [3.8, 4) is 0 Å². The van der Waals surface area contributed by atoms with Gasteiger partial charge in [-0.3, -0.25) is 15.1 Å². The molecular formula is C5H7Cl2N3O2. The highest BCUT2D eigenvalue weighted by atomic mass is 35.5. The first-order valence-corrected chi connectivity index (χ1v) is 4.00. The molecule has 0 amide bonds. The summed E-state index contributed by atoms with van der Waals surface area (Å²) in [5.74, 6) is 0.107. The molecular weight excluding hydrogens is 205 g/mol. The van der Waals surface area contributed by atoms with E-state index in [-0.39, 0.29) is 5.84 Å². The van der Waals surface area contributed by atoms with Gasteiger partial charge >= 0.3 is 4.46 Å². The van der Waals surface area contributed by atoms with Crippen LogP contribution in [0.1, 0.15) is 0 Å². The van der Waals surface area contributed by atoms with Crippen LogP contribution in [0.3, 0.4) is 0 Å². The Kier molecular flexibility index (Phi) is 2.44. The number of hydrogen-bond donors (Lipinski definition) is 0. The minimum atomic E-state index is -2.11. The van der Waals surface area contributed by atoms with E-state index in [1.807, 2.05) is 0 Å². The number of nitro groups is 1. The van der Waals surface area contributed by atoms with Crippen molar-refractivity contribution in [2.24, 2.45) is 4.99 Å². The number of nitrogens with zero attached hydrogens (tertiary/aromatic N) is 3. The first-order chi connectivity index (χ1) is 5.46. The van der Waals surface area contributed by atoms with Crippen molar-refractivity contribution in [1.29, 1.82) is 0 Å². The zero-order chi connectivity index (χ0) is 9.35. The summed E-state index contributed by atoms with van der Waals surface area (Å²) in [4.78, 5) is 15.0. The average molecular weight is 212 g/mol. The Morgan fingerprint density at radius 1 is 1.75 bits per heavy atom. The third kappa shape index (κ3) is 1.47. The number of aliphatic imine (C=N–C) groups is 1. The van der Waals surface area contributed by atoms with Gasteiger partial charge in [0.1, 0.15) is 0 Å². The molecule has 1 aliphatic rings. The van der Waals surface area contributed by atoms with Crippen LogP contribution in [-0.2, 0) is 0 Å². The second-order valence-corrected chi connectivity index (χ2v) is 3.71. The van der Waals surface area contributed by atoms with Gasteiger partial charge in [-0.2, -0.15) is 0 Å². The maximum atomic E-state index is 10.4. The molecule has 1 heterocycles. The second-order valence-electron chi connectivity index (χ2n) is 2.43. The summed E-state index contributed by atoms with van der Waals surface area (Å²) >= 11 is 10.9. The van der Waals surface area contributed by atoms with Crippen LogP contribution in [0.4, 0.5) is 0 Å². The van der Waals surface area contributed by atoms with Crippen molar-refractivity contribution in [3.63, 3.8) is 0 Å². The third-order valence-electron chi connectivity index (χ3n) is 1.56. The van der Waals surface area contributed by atoms with E-state index in [1.165, 1.54) is 0 Å². The second kappa shape index (κ2) is 3.06. The van der Waals surface area contributed by atoms with E-state index in [0.29, 0.717) is 13.1 Å². The number of rotatable bonds is 2. The van der Waals surface area contributed by atoms with E-state index in [4.69, 9.17) is 23.2 Å². The lowest BCUT2D eigenvalue weighted by molar-refractivity contribution is -0.497. The predicted molar refractivity (Wildman–Crippen MR) is 46.4 cm³/mol. The molecule has 0 unspecified atom stereocenters. The standard InChI is InChI=1S/C5H7Cl2N3O2/c1-9-3-2-8-4(9)5(6,7)10(11)12/h2-3H2,1H3. The highest BCUT2D eigenvalue weighted by Crippen LogP contribution is 2.26. The number of hydrogen-bond acceptors (Lipinski definition) is 4. The summed E-state index contributed by atoms with van der Waals surface area (Å²) in [5, 5.41) is 10.4. The van der Waals surface area contributed by atoms with Crippen LogP contribution in [0.5, 0.6) is 0 Å². The fraction of sp³-hybridized carbons (Fsp3) is 0.800. The van der Waals surface area contributed by atoms with Gasteiger partial charge in [0.2, 0.25) is 5.84 Å². The van der Waals surface area contributed by atoms with Crippen LogP contribution < -0.4 is 0 Å². The monoisotopic (exact) mass is 211 g/mol. The zero-order valence-electron chi connectivity index (χ0n) is 6.33. The molecule has 0 radical (unpaired) electrons. The molecule has 0 aliphatic carbocycles. The summed E-state index contributed by atoms with van der Waals surface area (Å²) in [6.07, 6.45) is 0. The highest BCUT2D eigenvalue weighted by Gasteiger charge is 2.47. The van der Waals surface area contributed by atoms with Crippen molar-refractivity contribution >= 4 is 29.0 Å². The molecule has 68 valence electrons. The van der Waals surface area contributed by atoms with E-state index in [9.17, 15) is 10.1 Å². The fourth-order valence-corrected chi connectivity index (χ4v) is 1.35. The molecule has 1 aliphatic heterocycles. The van der Waals surface area contributed by atoms with E-state index in [1.54, 1.807) is 11.9 Å². The van der Waals surface area contributed by atoms with Crippen molar-refractivity contribution in [1.82, 2.24) is 4.90 Å². The molecule has 0 fully saturated rings. The normalized spacial score (nSPS) is 17.9. The molecule has 0 aromatic carbocycles. The lowest BCUT2D eigenvalue weighted by Gasteiger charge is -2.17. The van der Waals surface area contributed by atoms with E-state index < -0.39 is 9.38 Å². The summed E-state index contributed by atoms with van der Waals surface area (Å²) in [6, 6.07) is 0. The van der Waals surface area contributed by atoms with Gasteiger partial charge in [0.05, 0.1) is 11.5 Å². The van der Waals surface area contributed by atoms with Crippen molar-refractivity contribution < 1.29 is 4.92 Å². The number of likely N-dealkylation sites (N-methyl/N-ethyl adjacent to an activating group) is 1. The minimum Gasteiger partial charge on any atom is -0.353 e. The Morgan fingerprint density at radius 2 is 2.33 bits per heavy atom. The highest BCUT2D eigenvalue weighted by molar-refractivity contribution is 6.57. The lowest BCUT2D eigenvalue weighted by atomic mass is 10.5. The van der Waals surface area contributed by atoms with Crippen molar-refractivity contribution in [2.45, 2.75) is 4.46 Å². The van der Waals surface area contributed by atoms with Crippen LogP contribution in [0.15, 0.2) is 4.99 Å². The van der Waals surface area contributed by atoms with Crippen LogP contribution in [0.25, 0.3) is 0 Å². The van der Waals surface area contributed by atoms with Crippen molar-refractivity contribution in [3.05, 3.63) is 10.1 Å². The molecule has 0 spiro atoms. The predicted octanol–water partition coefficient (Wildman–Crippen LogP) is 0.738. The van der Waals surface area contributed by atoms with Crippen LogP contribution in [0, 0.1) is 10.1 Å². The van der Waals surface area contributed by atoms with Gasteiger partial charge in [-0.25, -0.2) is 0 Å². The first kappa shape index (κ1) is 9.54. The molecule has 12 heavy (non-hydrogen) atoms. The molecule has 0 bridgehead atoms. The molecule has 5 nitrogen and oxygen atoms in total. The van der Waals surface area contributed by atoms with Crippen LogP contribution in [0.2, 0.25) is 0 Å². The Labute approximate surface area is 79.1 Å². The Balaban J connectivity index is 2.88. The van der Waals surface area contributed by atoms with Gasteiger partial charge in [0.25, 0.3) is 0 Å². The number of alkyl halides is 2. The van der Waals surface area contributed by atoms with Crippen molar-refractivity contribution in [2.75, 3.05) is 20.1 Å². The van der Waals surface area contributed by atoms with Crippen LogP contribution in [-0.4, -0.2) is 40.3 Å². The van der Waals surface area contributed by atoms with Gasteiger partial charge in [0, 0.05) is 13.6 Å². The molecule has 0 aromatic rings. The number of halogens is 2. The van der Waals surface area contributed by atoms with E-state index in [0.717, 1.165) is 0 Å². The molecule has 0 saturated heterocycles. The summed E-state index contributed by atoms with van der Waals surface area (Å²) in [5.41, 5.74) is 0. The Hall–Kier alpha value is -0.550. The molecule has 0 atom stereocenters. The summed E-state index contributed by atoms with van der Waals surface area (Å²) in [7, 11) is 1.66. The quantitative estimate of drug-likeness (QED) is 0.293. The van der Waals surface area contributed by atoms with Gasteiger partial charge in [-0.05, 0) is 23.2 Å². The van der Waals surface area contributed by atoms with E-state index >= 15 is 0 Å². The Morgan fingerprint density at radius 3 is 2.67 bits per heavy atom. The topological polar surface area (TPSA) is 58.7 Å². The molecule has 7 heteroatoms. The maximum Gasteiger partial charge on any atom is 0.428 e. The van der Waals surface area contributed by atoms with E-state index in [2.05, 4.69) is 4.99 Å². The van der Waals surface area contributed by atoms with Crippen LogP contribution >= 0.6 is 23.2 Å². The lowest BCUT2D eigenvalue weighted by Crippen LogP contribution is -2.42. The molecule has 1 rings (SSSR count). The van der Waals surface area contributed by atoms with Gasteiger partial charge < -0.3 is 4.90 Å². The summed E-state index contributed by atoms with van der Waals surface area (Å²) in [6.45, 7) is 1.12. The third-order valence-corrected chi connectivity index (χ3v) is 2.17. The van der Waals surface area contributed by atoms with Gasteiger partial charge in [-0.1, -0.05) is 0 Å². The molecule has 0 aromatic heterocycles. The minimum absolute atomic E-state index is 0.107. The smallest absolute Gasteiger partial charge is 0.353 e. The molecule has 0 saturated carbocycles. The number of amidine groups is 1.